The molecule has 1 atom stereocenters. The van der Waals surface area contributed by atoms with E-state index >= 15 is 0 Å². The molecule has 0 spiro atoms. The number of piperazine rings is 1. The predicted octanol–water partition coefficient (Wildman–Crippen LogP) is 1.12. The Hall–Kier alpha value is -1.55. The normalized spacial score (nSPS) is 23.5. The maximum absolute atomic E-state index is 12.1. The van der Waals surface area contributed by atoms with Gasteiger partial charge in [0.2, 0.25) is 5.91 Å². The van der Waals surface area contributed by atoms with Gasteiger partial charge in [0.15, 0.2) is 0 Å². The molecule has 2 N–H and O–H groups in total. The van der Waals surface area contributed by atoms with Crippen molar-refractivity contribution in [3.05, 3.63) is 23.8 Å². The van der Waals surface area contributed by atoms with Gasteiger partial charge in [-0.15, -0.1) is 0 Å². The largest absolute Gasteiger partial charge is 0.383 e. The van der Waals surface area contributed by atoms with E-state index < -0.39 is 0 Å². The van der Waals surface area contributed by atoms with Gasteiger partial charge in [-0.2, -0.15) is 0 Å². The van der Waals surface area contributed by atoms with Crippen molar-refractivity contribution in [2.24, 2.45) is 0 Å². The lowest BCUT2D eigenvalue weighted by Gasteiger charge is -2.35. The second-order valence-electron chi connectivity index (χ2n) is 4.78. The number of aryl methyl sites for hydroxylation is 1. The molecule has 1 fully saturated rings. The Morgan fingerprint density at radius 1 is 1.41 bits per heavy atom. The maximum atomic E-state index is 12.1. The molecule has 1 amide bonds. The summed E-state index contributed by atoms with van der Waals surface area (Å²) in [6.07, 6.45) is 0.993. The molecule has 0 aliphatic carbocycles. The van der Waals surface area contributed by atoms with Gasteiger partial charge in [-0.05, 0) is 31.0 Å². The number of anilines is 2. The second-order valence-corrected chi connectivity index (χ2v) is 4.78. The Morgan fingerprint density at radius 3 is 3.18 bits per heavy atom. The van der Waals surface area contributed by atoms with Crippen molar-refractivity contribution in [3.8, 4) is 0 Å². The minimum atomic E-state index is 0.176. The van der Waals surface area contributed by atoms with Crippen LogP contribution < -0.4 is 15.5 Å². The van der Waals surface area contributed by atoms with Crippen molar-refractivity contribution in [3.63, 3.8) is 0 Å². The molecule has 1 aromatic rings. The van der Waals surface area contributed by atoms with Gasteiger partial charge >= 0.3 is 0 Å². The molecule has 4 nitrogen and oxygen atoms in total. The summed E-state index contributed by atoms with van der Waals surface area (Å²) in [5, 5.41) is 6.61. The lowest BCUT2D eigenvalue weighted by molar-refractivity contribution is -0.119. The van der Waals surface area contributed by atoms with E-state index in [0.29, 0.717) is 6.54 Å². The van der Waals surface area contributed by atoms with Crippen LogP contribution >= 0.6 is 0 Å². The summed E-state index contributed by atoms with van der Waals surface area (Å²) < 4.78 is 0. The van der Waals surface area contributed by atoms with Gasteiger partial charge in [0.25, 0.3) is 0 Å². The molecule has 2 aliphatic heterocycles. The maximum Gasteiger partial charge on any atom is 0.241 e. The highest BCUT2D eigenvalue weighted by Gasteiger charge is 2.31. The third-order valence-electron chi connectivity index (χ3n) is 3.49. The summed E-state index contributed by atoms with van der Waals surface area (Å²) in [6.45, 7) is 4.33. The molecule has 4 heteroatoms. The molecule has 2 aliphatic rings. The van der Waals surface area contributed by atoms with Crippen LogP contribution in [0, 0.1) is 6.92 Å². The van der Waals surface area contributed by atoms with Crippen molar-refractivity contribution in [2.75, 3.05) is 29.9 Å². The number of nitrogens with one attached hydrogen (secondary N) is 2. The third kappa shape index (κ3) is 1.78. The van der Waals surface area contributed by atoms with Crippen LogP contribution in [0.5, 0.6) is 0 Å². The highest BCUT2D eigenvalue weighted by atomic mass is 16.2. The summed E-state index contributed by atoms with van der Waals surface area (Å²) in [5.74, 6) is 0.176. The van der Waals surface area contributed by atoms with Gasteiger partial charge in [-0.1, -0.05) is 6.07 Å². The summed E-state index contributed by atoms with van der Waals surface area (Å²) in [4.78, 5) is 14.0. The highest BCUT2D eigenvalue weighted by molar-refractivity contribution is 5.99. The number of nitrogens with zero attached hydrogens (tertiary/aromatic N) is 1. The molecule has 1 unspecified atom stereocenters. The van der Waals surface area contributed by atoms with Crippen molar-refractivity contribution < 1.29 is 4.79 Å². The number of carbonyl (C=O) groups excluding carboxylic acids is 1. The molecule has 0 bridgehead atoms. The summed E-state index contributed by atoms with van der Waals surface area (Å²) in [5.41, 5.74) is 3.34. The molecule has 0 aromatic heterocycles. The van der Waals surface area contributed by atoms with E-state index in [2.05, 4.69) is 35.8 Å². The van der Waals surface area contributed by atoms with Crippen LogP contribution in [-0.2, 0) is 4.79 Å². The predicted molar refractivity (Wildman–Crippen MR) is 68.4 cm³/mol. The van der Waals surface area contributed by atoms with E-state index in [1.165, 1.54) is 5.56 Å². The summed E-state index contributed by atoms with van der Waals surface area (Å²) in [7, 11) is 0. The average molecular weight is 231 g/mol. The average Bonchev–Trinajstić information content (AvgIpc) is 2.48. The molecular formula is C13H17N3O. The number of rotatable bonds is 0. The van der Waals surface area contributed by atoms with Crippen LogP contribution in [0.15, 0.2) is 18.2 Å². The standard InChI is InChI=1S/C13H17N3O/c1-9-2-3-12-11(6-9)15-5-4-10-7-14-8-13(17)16(10)12/h2-3,6,10,14-15H,4-5,7-8H2,1H3. The van der Waals surface area contributed by atoms with Crippen LogP contribution in [-0.4, -0.2) is 31.6 Å². The fourth-order valence-electron chi connectivity index (χ4n) is 2.66. The van der Waals surface area contributed by atoms with Gasteiger partial charge in [0.05, 0.1) is 24.0 Å². The number of hydrogen-bond acceptors (Lipinski definition) is 3. The first kappa shape index (κ1) is 10.6. The molecule has 0 radical (unpaired) electrons. The van der Waals surface area contributed by atoms with E-state index in [9.17, 15) is 4.79 Å². The smallest absolute Gasteiger partial charge is 0.241 e. The van der Waals surface area contributed by atoms with E-state index in [1.54, 1.807) is 0 Å². The first-order valence-electron chi connectivity index (χ1n) is 6.13. The van der Waals surface area contributed by atoms with Gasteiger partial charge in [-0.25, -0.2) is 0 Å². The van der Waals surface area contributed by atoms with E-state index in [1.807, 2.05) is 4.90 Å². The number of amides is 1. The third-order valence-corrected chi connectivity index (χ3v) is 3.49. The van der Waals surface area contributed by atoms with Crippen LogP contribution in [0.1, 0.15) is 12.0 Å². The summed E-state index contributed by atoms with van der Waals surface area (Å²) in [6, 6.07) is 6.53. The molecule has 17 heavy (non-hydrogen) atoms. The van der Waals surface area contributed by atoms with E-state index in [-0.39, 0.29) is 11.9 Å². The molecule has 3 rings (SSSR count). The van der Waals surface area contributed by atoms with E-state index in [0.717, 1.165) is 30.9 Å². The number of benzene rings is 1. The number of fused-ring (bicyclic) bond motifs is 3. The fraction of sp³-hybridized carbons (Fsp3) is 0.462. The van der Waals surface area contributed by atoms with Gasteiger partial charge < -0.3 is 15.5 Å². The molecule has 0 saturated carbocycles. The zero-order valence-corrected chi connectivity index (χ0v) is 9.99. The molecule has 1 saturated heterocycles. The van der Waals surface area contributed by atoms with E-state index in [4.69, 9.17) is 0 Å². The Morgan fingerprint density at radius 2 is 2.29 bits per heavy atom. The molecule has 90 valence electrons. The van der Waals surface area contributed by atoms with Crippen LogP contribution in [0.3, 0.4) is 0 Å². The van der Waals surface area contributed by atoms with Crippen LogP contribution in [0.4, 0.5) is 11.4 Å². The molecule has 2 heterocycles. The van der Waals surface area contributed by atoms with Gasteiger partial charge in [-0.3, -0.25) is 4.79 Å². The minimum absolute atomic E-state index is 0.176. The van der Waals surface area contributed by atoms with Crippen molar-refractivity contribution in [1.82, 2.24) is 5.32 Å². The Balaban J connectivity index is 2.07. The van der Waals surface area contributed by atoms with Gasteiger partial charge in [0, 0.05) is 13.1 Å². The van der Waals surface area contributed by atoms with Gasteiger partial charge in [0.1, 0.15) is 0 Å². The first-order valence-corrected chi connectivity index (χ1v) is 6.13. The van der Waals surface area contributed by atoms with Crippen molar-refractivity contribution in [1.29, 1.82) is 0 Å². The number of hydrogen-bond donors (Lipinski definition) is 2. The molecule has 1 aromatic carbocycles. The molecular weight excluding hydrogens is 214 g/mol. The monoisotopic (exact) mass is 231 g/mol. The SMILES string of the molecule is Cc1ccc2c(c1)NCCC1CNCC(=O)N21. The van der Waals surface area contributed by atoms with Crippen LogP contribution in [0.2, 0.25) is 0 Å². The topological polar surface area (TPSA) is 44.4 Å². The minimum Gasteiger partial charge on any atom is -0.383 e. The van der Waals surface area contributed by atoms with Crippen molar-refractivity contribution in [2.45, 2.75) is 19.4 Å². The number of carbonyl (C=O) groups is 1. The Bertz CT molecular complexity index is 458. The quantitative estimate of drug-likeness (QED) is 0.703. The zero-order valence-electron chi connectivity index (χ0n) is 9.99. The van der Waals surface area contributed by atoms with Crippen LogP contribution in [0.25, 0.3) is 0 Å². The summed E-state index contributed by atoms with van der Waals surface area (Å²) >= 11 is 0. The lowest BCUT2D eigenvalue weighted by Crippen LogP contribution is -2.55. The Kier molecular flexibility index (Phi) is 2.52. The first-order chi connectivity index (χ1) is 8.25. The lowest BCUT2D eigenvalue weighted by atomic mass is 10.1. The fourth-order valence-corrected chi connectivity index (χ4v) is 2.66. The second kappa shape index (κ2) is 4.04. The highest BCUT2D eigenvalue weighted by Crippen LogP contribution is 2.32. The zero-order chi connectivity index (χ0) is 11.8. The van der Waals surface area contributed by atoms with Crippen molar-refractivity contribution >= 4 is 17.3 Å². The Labute approximate surface area is 101 Å².